The molecule has 1 aromatic carbocycles. The van der Waals surface area contributed by atoms with Gasteiger partial charge in [-0.05, 0) is 50.5 Å². The lowest BCUT2D eigenvalue weighted by Gasteiger charge is -2.35. The molecule has 5 heteroatoms. The van der Waals surface area contributed by atoms with Crippen LogP contribution in [0.15, 0.2) is 58.1 Å². The average Bonchev–Trinajstić information content (AvgIpc) is 3.22. The van der Waals surface area contributed by atoms with Gasteiger partial charge in [-0.3, -0.25) is 4.99 Å². The molecule has 2 aromatic rings. The van der Waals surface area contributed by atoms with Gasteiger partial charge >= 0.3 is 0 Å². The molecule has 0 amide bonds. The van der Waals surface area contributed by atoms with Crippen LogP contribution in [0.5, 0.6) is 0 Å². The first-order chi connectivity index (χ1) is 13.2. The quantitative estimate of drug-likeness (QED) is 0.576. The normalized spacial score (nSPS) is 17.0. The zero-order valence-electron chi connectivity index (χ0n) is 16.5. The first-order valence-corrected chi connectivity index (χ1v) is 10.1. The van der Waals surface area contributed by atoms with Gasteiger partial charge in [0.05, 0.1) is 6.26 Å². The Labute approximate surface area is 162 Å². The molecular weight excluding hydrogens is 336 g/mol. The van der Waals surface area contributed by atoms with Gasteiger partial charge in [-0.15, -0.1) is 0 Å². The minimum absolute atomic E-state index is 0.407. The molecule has 2 heterocycles. The van der Waals surface area contributed by atoms with Crippen LogP contribution < -0.4 is 15.5 Å². The molecule has 0 spiro atoms. The van der Waals surface area contributed by atoms with Crippen LogP contribution in [0.3, 0.4) is 0 Å². The van der Waals surface area contributed by atoms with E-state index in [2.05, 4.69) is 59.7 Å². The maximum absolute atomic E-state index is 5.41. The summed E-state index contributed by atoms with van der Waals surface area (Å²) < 4.78 is 5.41. The fourth-order valence-electron chi connectivity index (χ4n) is 3.32. The van der Waals surface area contributed by atoms with Gasteiger partial charge < -0.3 is 20.0 Å². The molecule has 1 unspecified atom stereocenters. The summed E-state index contributed by atoms with van der Waals surface area (Å²) in [5.41, 5.74) is 1.32. The van der Waals surface area contributed by atoms with Gasteiger partial charge in [-0.1, -0.05) is 25.1 Å². The lowest BCUT2D eigenvalue weighted by molar-refractivity contribution is 0.457. The zero-order chi connectivity index (χ0) is 18.9. The molecule has 1 saturated heterocycles. The van der Waals surface area contributed by atoms with E-state index in [0.717, 1.165) is 57.0 Å². The van der Waals surface area contributed by atoms with Crippen molar-refractivity contribution in [1.82, 2.24) is 10.6 Å². The molecule has 0 radical (unpaired) electrons. The Morgan fingerprint density at radius 3 is 2.63 bits per heavy atom. The van der Waals surface area contributed by atoms with E-state index in [9.17, 15) is 0 Å². The zero-order valence-corrected chi connectivity index (χ0v) is 16.5. The topological polar surface area (TPSA) is 52.8 Å². The maximum atomic E-state index is 5.41. The van der Waals surface area contributed by atoms with E-state index >= 15 is 0 Å². The minimum Gasteiger partial charge on any atom is -0.469 e. The predicted octanol–water partition coefficient (Wildman–Crippen LogP) is 3.82. The average molecular weight is 369 g/mol. The molecule has 0 bridgehead atoms. The molecule has 1 atom stereocenters. The number of anilines is 1. The fourth-order valence-corrected chi connectivity index (χ4v) is 3.32. The number of rotatable bonds is 7. The van der Waals surface area contributed by atoms with Gasteiger partial charge in [0.2, 0.25) is 0 Å². The van der Waals surface area contributed by atoms with Crippen molar-refractivity contribution in [3.05, 3.63) is 54.5 Å². The van der Waals surface area contributed by atoms with E-state index in [4.69, 9.17) is 9.41 Å². The minimum atomic E-state index is 0.407. The van der Waals surface area contributed by atoms with Crippen molar-refractivity contribution in [1.29, 1.82) is 0 Å². The third-order valence-electron chi connectivity index (χ3n) is 5.16. The van der Waals surface area contributed by atoms with Crippen LogP contribution in [-0.2, 0) is 6.42 Å². The fraction of sp³-hybridized carbons (Fsp3) is 0.500. The number of furan rings is 1. The molecule has 1 aliphatic heterocycles. The third-order valence-corrected chi connectivity index (χ3v) is 5.16. The summed E-state index contributed by atoms with van der Waals surface area (Å²) in [5, 5.41) is 7.19. The Balaban J connectivity index is 1.52. The summed E-state index contributed by atoms with van der Waals surface area (Å²) in [6.45, 7) is 7.26. The van der Waals surface area contributed by atoms with Gasteiger partial charge in [-0.25, -0.2) is 0 Å². The third kappa shape index (κ3) is 6.05. The van der Waals surface area contributed by atoms with Crippen LogP contribution in [-0.4, -0.2) is 37.7 Å². The van der Waals surface area contributed by atoms with Crippen LogP contribution in [0.4, 0.5) is 5.69 Å². The molecule has 3 rings (SSSR count). The van der Waals surface area contributed by atoms with Crippen molar-refractivity contribution in [3.63, 3.8) is 0 Å². The van der Waals surface area contributed by atoms with E-state index in [-0.39, 0.29) is 0 Å². The molecule has 0 aliphatic carbocycles. The van der Waals surface area contributed by atoms with Crippen molar-refractivity contribution < 1.29 is 4.42 Å². The first-order valence-electron chi connectivity index (χ1n) is 10.1. The highest BCUT2D eigenvalue weighted by Gasteiger charge is 2.20. The smallest absolute Gasteiger partial charge is 0.191 e. The van der Waals surface area contributed by atoms with Crippen molar-refractivity contribution in [2.45, 2.75) is 51.6 Å². The van der Waals surface area contributed by atoms with Crippen LogP contribution in [0.2, 0.25) is 0 Å². The Hall–Kier alpha value is -2.43. The van der Waals surface area contributed by atoms with Crippen LogP contribution in [0.25, 0.3) is 0 Å². The van der Waals surface area contributed by atoms with E-state index in [1.54, 1.807) is 6.26 Å². The van der Waals surface area contributed by atoms with Crippen molar-refractivity contribution >= 4 is 11.6 Å². The summed E-state index contributed by atoms with van der Waals surface area (Å²) in [7, 11) is 0. The predicted molar refractivity (Wildman–Crippen MR) is 112 cm³/mol. The second kappa shape index (κ2) is 10.0. The molecule has 5 nitrogen and oxygen atoms in total. The number of nitrogens with zero attached hydrogens (tertiary/aromatic N) is 2. The van der Waals surface area contributed by atoms with E-state index in [1.165, 1.54) is 5.69 Å². The molecule has 2 N–H and O–H groups in total. The second-order valence-corrected chi connectivity index (χ2v) is 7.25. The van der Waals surface area contributed by atoms with E-state index in [1.807, 2.05) is 12.1 Å². The summed E-state index contributed by atoms with van der Waals surface area (Å²) in [4.78, 5) is 7.24. The lowest BCUT2D eigenvalue weighted by atomic mass is 10.0. The Kier molecular flexibility index (Phi) is 7.19. The number of guanidine groups is 1. The standard InChI is InChI=1S/C22H32N4O/c1-3-18(2)24-22(23-14-11-21-10-7-17-27-21)25-19-12-15-26(16-13-19)20-8-5-4-6-9-20/h4-10,17-19H,3,11-16H2,1-2H3,(H2,23,24,25). The largest absolute Gasteiger partial charge is 0.469 e. The number of piperidine rings is 1. The SMILES string of the molecule is CCC(C)NC(=NCCc1ccco1)NC1CCN(c2ccccc2)CC1. The van der Waals surface area contributed by atoms with Gasteiger partial charge in [0.15, 0.2) is 5.96 Å². The number of hydrogen-bond donors (Lipinski definition) is 2. The molecule has 146 valence electrons. The maximum Gasteiger partial charge on any atom is 0.191 e. The van der Waals surface area contributed by atoms with Gasteiger partial charge in [0.25, 0.3) is 0 Å². The van der Waals surface area contributed by atoms with Crippen molar-refractivity contribution in [2.24, 2.45) is 4.99 Å². The van der Waals surface area contributed by atoms with Crippen molar-refractivity contribution in [2.75, 3.05) is 24.5 Å². The Morgan fingerprint density at radius 2 is 1.96 bits per heavy atom. The summed E-state index contributed by atoms with van der Waals surface area (Å²) in [5.74, 6) is 1.91. The molecule has 1 aromatic heterocycles. The van der Waals surface area contributed by atoms with E-state index < -0.39 is 0 Å². The number of nitrogens with one attached hydrogen (secondary N) is 2. The second-order valence-electron chi connectivity index (χ2n) is 7.25. The molecule has 0 saturated carbocycles. The van der Waals surface area contributed by atoms with Gasteiger partial charge in [0.1, 0.15) is 5.76 Å². The molecule has 27 heavy (non-hydrogen) atoms. The van der Waals surface area contributed by atoms with Crippen molar-refractivity contribution in [3.8, 4) is 0 Å². The number of benzene rings is 1. The van der Waals surface area contributed by atoms with Crippen LogP contribution in [0, 0.1) is 0 Å². The summed E-state index contributed by atoms with van der Waals surface area (Å²) in [6.07, 6.45) is 5.86. The first kappa shape index (κ1) is 19.3. The lowest BCUT2D eigenvalue weighted by Crippen LogP contribution is -2.50. The van der Waals surface area contributed by atoms with Crippen LogP contribution >= 0.6 is 0 Å². The van der Waals surface area contributed by atoms with Gasteiger partial charge in [0, 0.05) is 43.8 Å². The van der Waals surface area contributed by atoms with Gasteiger partial charge in [-0.2, -0.15) is 0 Å². The van der Waals surface area contributed by atoms with Crippen LogP contribution in [0.1, 0.15) is 38.9 Å². The highest BCUT2D eigenvalue weighted by Crippen LogP contribution is 2.19. The molecular formula is C22H32N4O. The Morgan fingerprint density at radius 1 is 1.19 bits per heavy atom. The molecule has 1 aliphatic rings. The number of aliphatic imine (C=N–C) groups is 1. The number of hydrogen-bond acceptors (Lipinski definition) is 3. The summed E-state index contributed by atoms with van der Waals surface area (Å²) >= 11 is 0. The van der Waals surface area contributed by atoms with E-state index in [0.29, 0.717) is 12.1 Å². The Bertz CT molecular complexity index is 676. The highest BCUT2D eigenvalue weighted by atomic mass is 16.3. The molecule has 1 fully saturated rings. The summed E-state index contributed by atoms with van der Waals surface area (Å²) in [6, 6.07) is 15.5. The highest BCUT2D eigenvalue weighted by molar-refractivity contribution is 5.80. The number of para-hydroxylation sites is 1. The monoisotopic (exact) mass is 368 g/mol.